The molecule has 0 aliphatic heterocycles. The van der Waals surface area contributed by atoms with Crippen LogP contribution in [0.4, 0.5) is 0 Å². The van der Waals surface area contributed by atoms with Crippen LogP contribution in [0, 0.1) is 17.8 Å². The number of esters is 2. The van der Waals surface area contributed by atoms with E-state index in [2.05, 4.69) is 58.9 Å². The molecule has 0 aromatic rings. The smallest absolute Gasteiger partial charge is 0.305 e. The molecule has 0 radical (unpaired) electrons. The van der Waals surface area contributed by atoms with E-state index in [0.717, 1.165) is 64.6 Å². The van der Waals surface area contributed by atoms with Gasteiger partial charge in [-0.2, -0.15) is 0 Å². The molecule has 0 aliphatic rings. The highest BCUT2D eigenvalue weighted by atomic mass is 16.7. The molecular weight excluding hydrogens is 624 g/mol. The summed E-state index contributed by atoms with van der Waals surface area (Å²) in [6.45, 7) is 15.2. The van der Waals surface area contributed by atoms with E-state index in [0.29, 0.717) is 24.7 Å². The van der Waals surface area contributed by atoms with Crippen molar-refractivity contribution in [2.24, 2.45) is 17.8 Å². The van der Waals surface area contributed by atoms with E-state index in [-0.39, 0.29) is 37.4 Å². The van der Waals surface area contributed by atoms with Crippen LogP contribution in [-0.2, 0) is 28.5 Å². The molecule has 294 valence electrons. The summed E-state index contributed by atoms with van der Waals surface area (Å²) in [4.78, 5) is 24.6. The Morgan fingerprint density at radius 1 is 0.480 bits per heavy atom. The van der Waals surface area contributed by atoms with Crippen LogP contribution < -0.4 is 0 Å². The molecule has 0 aliphatic carbocycles. The van der Waals surface area contributed by atoms with Gasteiger partial charge in [-0.1, -0.05) is 124 Å². The maximum atomic E-state index is 12.4. The van der Waals surface area contributed by atoms with Crippen LogP contribution in [0.3, 0.4) is 0 Å². The van der Waals surface area contributed by atoms with Crippen LogP contribution in [0.1, 0.15) is 196 Å². The van der Waals surface area contributed by atoms with E-state index in [4.69, 9.17) is 18.9 Å². The highest BCUT2D eigenvalue weighted by Crippen LogP contribution is 2.20. The molecule has 1 unspecified atom stereocenters. The lowest BCUT2D eigenvalue weighted by Crippen LogP contribution is -2.24. The summed E-state index contributed by atoms with van der Waals surface area (Å²) in [5.74, 6) is 0.805. The van der Waals surface area contributed by atoms with Crippen molar-refractivity contribution in [2.75, 3.05) is 26.4 Å². The average Bonchev–Trinajstić information content (AvgIpc) is 3.10. The van der Waals surface area contributed by atoms with E-state index >= 15 is 0 Å². The molecular formula is C44H82O6. The minimum atomic E-state index is -0.210. The minimum absolute atomic E-state index is 0.0166. The fourth-order valence-electron chi connectivity index (χ4n) is 6.28. The van der Waals surface area contributed by atoms with Gasteiger partial charge in [0.1, 0.15) is 0 Å². The number of hydrogen-bond acceptors (Lipinski definition) is 6. The topological polar surface area (TPSA) is 71.1 Å². The number of allylic oxidation sites excluding steroid dienone is 4. The highest BCUT2D eigenvalue weighted by molar-refractivity contribution is 5.69. The van der Waals surface area contributed by atoms with Crippen LogP contribution in [0.2, 0.25) is 0 Å². The Hall–Kier alpha value is -1.66. The molecule has 0 aromatic heterocycles. The van der Waals surface area contributed by atoms with Crippen LogP contribution in [0.15, 0.2) is 24.3 Å². The van der Waals surface area contributed by atoms with Crippen molar-refractivity contribution < 1.29 is 28.5 Å². The number of carbonyl (C=O) groups excluding carboxylic acids is 2. The van der Waals surface area contributed by atoms with Gasteiger partial charge in [0.2, 0.25) is 0 Å². The van der Waals surface area contributed by atoms with Gasteiger partial charge in [0.25, 0.3) is 0 Å². The zero-order valence-electron chi connectivity index (χ0n) is 33.9. The lowest BCUT2D eigenvalue weighted by molar-refractivity contribution is -0.163. The summed E-state index contributed by atoms with van der Waals surface area (Å²) in [7, 11) is 0. The van der Waals surface area contributed by atoms with Gasteiger partial charge in [0.05, 0.1) is 26.4 Å². The van der Waals surface area contributed by atoms with Gasteiger partial charge >= 0.3 is 11.9 Å². The van der Waals surface area contributed by atoms with E-state index in [1.54, 1.807) is 0 Å². The van der Waals surface area contributed by atoms with Crippen LogP contribution in [-0.4, -0.2) is 44.7 Å². The standard InChI is InChI=1S/C44H82O6/c1-7-12-13-14-15-16-17-18-19-20-21-22-23-24-25-32-42(45)47-35-39(6)36-48-43(46)33-26-27-34-44(49-37-40(28-8-2)29-9-3)50-38-41(30-10-4)31-11-5/h15-16,18-19,39-41,44H,7-14,17,20-38H2,1-6H3/b16-15-,19-18-. The van der Waals surface area contributed by atoms with Gasteiger partial charge in [0, 0.05) is 18.8 Å². The predicted octanol–water partition coefficient (Wildman–Crippen LogP) is 12.9. The van der Waals surface area contributed by atoms with E-state index < -0.39 is 0 Å². The molecule has 0 fully saturated rings. The third-order valence-electron chi connectivity index (χ3n) is 9.28. The molecule has 6 heteroatoms. The molecule has 6 nitrogen and oxygen atoms in total. The van der Waals surface area contributed by atoms with Gasteiger partial charge in [-0.05, 0) is 95.3 Å². The third-order valence-corrected chi connectivity index (χ3v) is 9.28. The molecule has 0 saturated carbocycles. The first-order valence-corrected chi connectivity index (χ1v) is 21.2. The zero-order chi connectivity index (χ0) is 36.9. The van der Waals surface area contributed by atoms with Crippen molar-refractivity contribution in [2.45, 2.75) is 202 Å². The molecule has 0 bridgehead atoms. The second-order valence-electron chi connectivity index (χ2n) is 14.7. The second-order valence-corrected chi connectivity index (χ2v) is 14.7. The number of unbranched alkanes of at least 4 members (excludes halogenated alkanes) is 9. The van der Waals surface area contributed by atoms with Gasteiger partial charge in [-0.25, -0.2) is 0 Å². The summed E-state index contributed by atoms with van der Waals surface area (Å²) >= 11 is 0. The zero-order valence-corrected chi connectivity index (χ0v) is 33.9. The number of hydrogen-bond donors (Lipinski definition) is 0. The fourth-order valence-corrected chi connectivity index (χ4v) is 6.28. The van der Waals surface area contributed by atoms with E-state index in [1.807, 2.05) is 6.92 Å². The number of rotatable bonds is 37. The Bertz CT molecular complexity index is 776. The molecule has 0 amide bonds. The molecule has 0 heterocycles. The summed E-state index contributed by atoms with van der Waals surface area (Å²) in [6.07, 6.45) is 34.4. The minimum Gasteiger partial charge on any atom is -0.465 e. The molecule has 0 saturated heterocycles. The monoisotopic (exact) mass is 707 g/mol. The third kappa shape index (κ3) is 32.3. The Morgan fingerprint density at radius 3 is 1.40 bits per heavy atom. The lowest BCUT2D eigenvalue weighted by Gasteiger charge is -2.25. The van der Waals surface area contributed by atoms with E-state index in [9.17, 15) is 9.59 Å². The SMILES string of the molecule is CCCCC/C=C\C/C=C\CCCCCCCC(=O)OCC(C)COC(=O)CCCCC(OCC(CCC)CCC)OCC(CCC)CCC. The Morgan fingerprint density at radius 2 is 0.920 bits per heavy atom. The Balaban J connectivity index is 4.11. The van der Waals surface area contributed by atoms with Crippen molar-refractivity contribution >= 4 is 11.9 Å². The molecule has 1 atom stereocenters. The summed E-state index contributed by atoms with van der Waals surface area (Å²) < 4.78 is 23.6. The molecule has 0 spiro atoms. The van der Waals surface area contributed by atoms with Gasteiger partial charge in [-0.3, -0.25) is 9.59 Å². The Labute approximate surface area is 310 Å². The first-order valence-electron chi connectivity index (χ1n) is 21.2. The van der Waals surface area contributed by atoms with Gasteiger partial charge in [0.15, 0.2) is 6.29 Å². The quantitative estimate of drug-likeness (QED) is 0.0277. The van der Waals surface area contributed by atoms with Gasteiger partial charge in [-0.15, -0.1) is 0 Å². The lowest BCUT2D eigenvalue weighted by atomic mass is 9.99. The molecule has 0 aromatic carbocycles. The second kappa shape index (κ2) is 37.1. The molecule has 0 N–H and O–H groups in total. The van der Waals surface area contributed by atoms with Gasteiger partial charge < -0.3 is 18.9 Å². The van der Waals surface area contributed by atoms with E-state index in [1.165, 1.54) is 89.9 Å². The van der Waals surface area contributed by atoms with Crippen LogP contribution in [0.25, 0.3) is 0 Å². The first-order chi connectivity index (χ1) is 24.4. The van der Waals surface area contributed by atoms with Crippen molar-refractivity contribution in [3.8, 4) is 0 Å². The number of ether oxygens (including phenoxy) is 4. The normalized spacial score (nSPS) is 12.7. The summed E-state index contributed by atoms with van der Waals surface area (Å²) in [5.41, 5.74) is 0. The predicted molar refractivity (Wildman–Crippen MR) is 211 cm³/mol. The van der Waals surface area contributed by atoms with Crippen molar-refractivity contribution in [1.29, 1.82) is 0 Å². The first kappa shape index (κ1) is 48.3. The summed E-state index contributed by atoms with van der Waals surface area (Å²) in [5, 5.41) is 0. The van der Waals surface area contributed by atoms with Crippen LogP contribution >= 0.6 is 0 Å². The van der Waals surface area contributed by atoms with Crippen molar-refractivity contribution in [1.82, 2.24) is 0 Å². The van der Waals surface area contributed by atoms with Crippen molar-refractivity contribution in [3.63, 3.8) is 0 Å². The van der Waals surface area contributed by atoms with Crippen LogP contribution in [0.5, 0.6) is 0 Å². The Kier molecular flexibility index (Phi) is 35.9. The summed E-state index contributed by atoms with van der Waals surface area (Å²) in [6, 6.07) is 0. The average molecular weight is 707 g/mol. The molecule has 50 heavy (non-hydrogen) atoms. The maximum Gasteiger partial charge on any atom is 0.305 e. The fraction of sp³-hybridized carbons (Fsp3) is 0.864. The molecule has 0 rings (SSSR count). The van der Waals surface area contributed by atoms with Crippen molar-refractivity contribution in [3.05, 3.63) is 24.3 Å². The highest BCUT2D eigenvalue weighted by Gasteiger charge is 2.17. The maximum absolute atomic E-state index is 12.4. The number of carbonyl (C=O) groups is 2. The largest absolute Gasteiger partial charge is 0.465 e.